The fourth-order valence-electron chi connectivity index (χ4n) is 1.31. The molecule has 90 valence electrons. The van der Waals surface area contributed by atoms with Crippen LogP contribution >= 0.6 is 0 Å². The highest BCUT2D eigenvalue weighted by atomic mass is 16.3. The molecule has 0 bridgehead atoms. The van der Waals surface area contributed by atoms with Gasteiger partial charge in [-0.1, -0.05) is 0 Å². The van der Waals surface area contributed by atoms with Gasteiger partial charge < -0.3 is 15.7 Å². The van der Waals surface area contributed by atoms with Gasteiger partial charge in [-0.3, -0.25) is 0 Å². The van der Waals surface area contributed by atoms with Crippen molar-refractivity contribution in [1.29, 1.82) is 0 Å². The van der Waals surface area contributed by atoms with Crippen molar-refractivity contribution in [3.05, 3.63) is 12.3 Å². The van der Waals surface area contributed by atoms with Gasteiger partial charge in [-0.2, -0.15) is 4.98 Å². The lowest BCUT2D eigenvalue weighted by Crippen LogP contribution is -2.09. The van der Waals surface area contributed by atoms with Crippen LogP contribution in [0.25, 0.3) is 0 Å². The standard InChI is InChI=1S/C11H20N4O/c1-3-12-11-14-8-6-10(15-11)13-7-4-5-9(2)16/h6,8-9,16H,3-5,7H2,1-2H3,(H2,12,13,14,15). The van der Waals surface area contributed by atoms with Gasteiger partial charge in [-0.25, -0.2) is 4.98 Å². The molecule has 0 aliphatic rings. The lowest BCUT2D eigenvalue weighted by atomic mass is 10.2. The molecular weight excluding hydrogens is 204 g/mol. The molecule has 0 radical (unpaired) electrons. The molecule has 1 rings (SSSR count). The van der Waals surface area contributed by atoms with Crippen LogP contribution < -0.4 is 10.6 Å². The summed E-state index contributed by atoms with van der Waals surface area (Å²) in [6.45, 7) is 5.43. The van der Waals surface area contributed by atoms with E-state index in [9.17, 15) is 0 Å². The van der Waals surface area contributed by atoms with Gasteiger partial charge in [0, 0.05) is 19.3 Å². The number of anilines is 2. The third-order valence-electron chi connectivity index (χ3n) is 2.10. The van der Waals surface area contributed by atoms with E-state index in [4.69, 9.17) is 5.11 Å². The topological polar surface area (TPSA) is 70.1 Å². The molecule has 0 aromatic carbocycles. The fraction of sp³-hybridized carbons (Fsp3) is 0.636. The zero-order valence-electron chi connectivity index (χ0n) is 9.90. The molecule has 5 heteroatoms. The fourth-order valence-corrected chi connectivity index (χ4v) is 1.31. The van der Waals surface area contributed by atoms with Crippen molar-refractivity contribution in [3.63, 3.8) is 0 Å². The Balaban J connectivity index is 2.33. The van der Waals surface area contributed by atoms with Gasteiger partial charge in [0.05, 0.1) is 6.10 Å². The number of hydrogen-bond donors (Lipinski definition) is 3. The summed E-state index contributed by atoms with van der Waals surface area (Å²) in [6.07, 6.45) is 3.22. The molecule has 0 aliphatic heterocycles. The number of rotatable bonds is 7. The predicted octanol–water partition coefficient (Wildman–Crippen LogP) is 1.48. The van der Waals surface area contributed by atoms with Crippen LogP contribution in [0.15, 0.2) is 12.3 Å². The van der Waals surface area contributed by atoms with Crippen LogP contribution in [0.4, 0.5) is 11.8 Å². The van der Waals surface area contributed by atoms with E-state index < -0.39 is 0 Å². The Hall–Kier alpha value is -1.36. The maximum Gasteiger partial charge on any atom is 0.224 e. The Bertz CT molecular complexity index is 304. The summed E-state index contributed by atoms with van der Waals surface area (Å²) in [4.78, 5) is 8.37. The number of aliphatic hydroxyl groups excluding tert-OH is 1. The lowest BCUT2D eigenvalue weighted by molar-refractivity contribution is 0.183. The van der Waals surface area contributed by atoms with Crippen molar-refractivity contribution in [2.24, 2.45) is 0 Å². The van der Waals surface area contributed by atoms with Crippen LogP contribution in [0, 0.1) is 0 Å². The van der Waals surface area contributed by atoms with Gasteiger partial charge >= 0.3 is 0 Å². The summed E-state index contributed by atoms with van der Waals surface area (Å²) in [5, 5.41) is 15.4. The van der Waals surface area contributed by atoms with Gasteiger partial charge in [-0.15, -0.1) is 0 Å². The van der Waals surface area contributed by atoms with Gasteiger partial charge in [0.15, 0.2) is 0 Å². The number of aromatic nitrogens is 2. The van der Waals surface area contributed by atoms with Crippen molar-refractivity contribution in [2.75, 3.05) is 23.7 Å². The van der Waals surface area contributed by atoms with E-state index in [0.29, 0.717) is 5.95 Å². The number of hydrogen-bond acceptors (Lipinski definition) is 5. The van der Waals surface area contributed by atoms with Crippen LogP contribution in [0.3, 0.4) is 0 Å². The molecule has 1 atom stereocenters. The summed E-state index contributed by atoms with van der Waals surface area (Å²) in [5.74, 6) is 1.46. The minimum absolute atomic E-state index is 0.232. The number of nitrogens with one attached hydrogen (secondary N) is 2. The highest BCUT2D eigenvalue weighted by Crippen LogP contribution is 2.06. The number of nitrogens with zero attached hydrogens (tertiary/aromatic N) is 2. The predicted molar refractivity (Wildman–Crippen MR) is 65.6 cm³/mol. The van der Waals surface area contributed by atoms with Gasteiger partial charge in [-0.05, 0) is 32.8 Å². The quantitative estimate of drug-likeness (QED) is 0.612. The Labute approximate surface area is 96.3 Å². The van der Waals surface area contributed by atoms with E-state index in [1.807, 2.05) is 13.0 Å². The van der Waals surface area contributed by atoms with Gasteiger partial charge in [0.1, 0.15) is 5.82 Å². The van der Waals surface area contributed by atoms with Crippen LogP contribution in [0.2, 0.25) is 0 Å². The molecule has 1 aromatic rings. The summed E-state index contributed by atoms with van der Waals surface area (Å²) < 4.78 is 0. The summed E-state index contributed by atoms with van der Waals surface area (Å²) >= 11 is 0. The molecule has 0 saturated carbocycles. The molecule has 16 heavy (non-hydrogen) atoms. The first-order valence-electron chi connectivity index (χ1n) is 5.71. The van der Waals surface area contributed by atoms with Gasteiger partial charge in [0.25, 0.3) is 0 Å². The second-order valence-corrected chi connectivity index (χ2v) is 3.71. The van der Waals surface area contributed by atoms with Crippen LogP contribution in [0.1, 0.15) is 26.7 Å². The van der Waals surface area contributed by atoms with Crippen LogP contribution in [-0.2, 0) is 0 Å². The van der Waals surface area contributed by atoms with Crippen LogP contribution in [0.5, 0.6) is 0 Å². The monoisotopic (exact) mass is 224 g/mol. The lowest BCUT2D eigenvalue weighted by Gasteiger charge is -2.08. The minimum Gasteiger partial charge on any atom is -0.393 e. The maximum atomic E-state index is 9.10. The highest BCUT2D eigenvalue weighted by molar-refractivity contribution is 5.39. The van der Waals surface area contributed by atoms with E-state index in [-0.39, 0.29) is 6.10 Å². The summed E-state index contributed by atoms with van der Waals surface area (Å²) in [7, 11) is 0. The normalized spacial score (nSPS) is 12.2. The second-order valence-electron chi connectivity index (χ2n) is 3.71. The molecule has 1 aromatic heterocycles. The first-order chi connectivity index (χ1) is 7.72. The molecular formula is C11H20N4O. The smallest absolute Gasteiger partial charge is 0.224 e. The minimum atomic E-state index is -0.232. The SMILES string of the molecule is CCNc1nccc(NCCCC(C)O)n1. The van der Waals surface area contributed by atoms with Gasteiger partial charge in [0.2, 0.25) is 5.95 Å². The van der Waals surface area contributed by atoms with Crippen molar-refractivity contribution >= 4 is 11.8 Å². The van der Waals surface area contributed by atoms with Crippen molar-refractivity contribution in [3.8, 4) is 0 Å². The molecule has 5 nitrogen and oxygen atoms in total. The van der Waals surface area contributed by atoms with E-state index in [0.717, 1.165) is 31.7 Å². The Kier molecular flexibility index (Phi) is 5.56. The molecule has 3 N–H and O–H groups in total. The van der Waals surface area contributed by atoms with E-state index >= 15 is 0 Å². The molecule has 0 spiro atoms. The number of aliphatic hydroxyl groups is 1. The zero-order valence-corrected chi connectivity index (χ0v) is 9.90. The zero-order chi connectivity index (χ0) is 11.8. The van der Waals surface area contributed by atoms with Crippen molar-refractivity contribution < 1.29 is 5.11 Å². The molecule has 0 fully saturated rings. The average molecular weight is 224 g/mol. The Morgan fingerprint density at radius 1 is 1.44 bits per heavy atom. The first-order valence-corrected chi connectivity index (χ1v) is 5.71. The highest BCUT2D eigenvalue weighted by Gasteiger charge is 1.98. The first kappa shape index (κ1) is 12.7. The molecule has 0 saturated heterocycles. The van der Waals surface area contributed by atoms with E-state index in [2.05, 4.69) is 20.6 Å². The third-order valence-corrected chi connectivity index (χ3v) is 2.10. The Morgan fingerprint density at radius 2 is 2.25 bits per heavy atom. The van der Waals surface area contributed by atoms with E-state index in [1.54, 1.807) is 13.1 Å². The molecule has 0 amide bonds. The molecule has 1 unspecified atom stereocenters. The molecule has 1 heterocycles. The molecule has 0 aliphatic carbocycles. The van der Waals surface area contributed by atoms with Crippen LogP contribution in [-0.4, -0.2) is 34.3 Å². The second kappa shape index (κ2) is 7.00. The summed E-state index contributed by atoms with van der Waals surface area (Å²) in [5.41, 5.74) is 0. The third kappa shape index (κ3) is 4.93. The van der Waals surface area contributed by atoms with Crippen molar-refractivity contribution in [2.45, 2.75) is 32.8 Å². The average Bonchev–Trinajstić information content (AvgIpc) is 2.25. The maximum absolute atomic E-state index is 9.10. The van der Waals surface area contributed by atoms with E-state index in [1.165, 1.54) is 0 Å². The Morgan fingerprint density at radius 3 is 2.94 bits per heavy atom. The summed E-state index contributed by atoms with van der Waals surface area (Å²) in [6, 6.07) is 1.84. The van der Waals surface area contributed by atoms with Crippen molar-refractivity contribution in [1.82, 2.24) is 9.97 Å². The largest absolute Gasteiger partial charge is 0.393 e.